The van der Waals surface area contributed by atoms with Gasteiger partial charge in [0.25, 0.3) is 0 Å². The number of ether oxygens (including phenoxy) is 1. The Morgan fingerprint density at radius 1 is 1.00 bits per heavy atom. The molecule has 1 aromatic heterocycles. The van der Waals surface area contributed by atoms with Crippen LogP contribution in [0, 0.1) is 0 Å². The highest BCUT2D eigenvalue weighted by Crippen LogP contribution is 2.19. The monoisotopic (exact) mass is 278 g/mol. The van der Waals surface area contributed by atoms with Crippen LogP contribution >= 0.6 is 0 Å². The minimum absolute atomic E-state index is 0.553. The van der Waals surface area contributed by atoms with Crippen molar-refractivity contribution in [3.8, 4) is 5.75 Å². The van der Waals surface area contributed by atoms with Crippen molar-refractivity contribution in [3.63, 3.8) is 0 Å². The third-order valence-electron chi connectivity index (χ3n) is 3.34. The molecule has 3 nitrogen and oxygen atoms in total. The highest BCUT2D eigenvalue weighted by molar-refractivity contribution is 5.79. The van der Waals surface area contributed by atoms with Crippen LogP contribution in [-0.4, -0.2) is 12.0 Å². The molecule has 0 saturated heterocycles. The first-order valence-corrected chi connectivity index (χ1v) is 7.05. The second-order valence-electron chi connectivity index (χ2n) is 5.00. The second kappa shape index (κ2) is 6.37. The van der Waals surface area contributed by atoms with Crippen molar-refractivity contribution in [1.29, 1.82) is 0 Å². The lowest BCUT2D eigenvalue weighted by atomic mass is 10.1. The van der Waals surface area contributed by atoms with Crippen molar-refractivity contribution >= 4 is 10.9 Å². The lowest BCUT2D eigenvalue weighted by Gasteiger charge is -2.08. The summed E-state index contributed by atoms with van der Waals surface area (Å²) in [5.74, 6) is 0.799. The van der Waals surface area contributed by atoms with Crippen LogP contribution in [0.4, 0.5) is 0 Å². The summed E-state index contributed by atoms with van der Waals surface area (Å²) < 4.78 is 5.85. The number of nitrogens with one attached hydrogen (secondary N) is 1. The van der Waals surface area contributed by atoms with Gasteiger partial charge < -0.3 is 10.1 Å². The summed E-state index contributed by atoms with van der Waals surface area (Å²) in [5.41, 5.74) is 3.41. The van der Waals surface area contributed by atoms with Gasteiger partial charge in [0.15, 0.2) is 0 Å². The number of rotatable bonds is 5. The standard InChI is InChI=1S/C18H18N2O/c1-19-11-14-5-4-6-15(9-14)13-21-17-10-16-7-2-3-8-18(16)20-12-17/h2-10,12,19H,11,13H2,1H3. The van der Waals surface area contributed by atoms with Crippen LogP contribution in [0.1, 0.15) is 11.1 Å². The third kappa shape index (κ3) is 3.38. The minimum Gasteiger partial charge on any atom is -0.487 e. The molecule has 1 heterocycles. The molecule has 0 aliphatic rings. The van der Waals surface area contributed by atoms with Gasteiger partial charge in [-0.25, -0.2) is 0 Å². The Balaban J connectivity index is 1.72. The largest absolute Gasteiger partial charge is 0.487 e. The fourth-order valence-electron chi connectivity index (χ4n) is 2.33. The van der Waals surface area contributed by atoms with Crippen molar-refractivity contribution in [3.05, 3.63) is 71.9 Å². The van der Waals surface area contributed by atoms with E-state index in [2.05, 4.69) is 34.6 Å². The van der Waals surface area contributed by atoms with Gasteiger partial charge in [-0.3, -0.25) is 4.98 Å². The minimum atomic E-state index is 0.553. The second-order valence-corrected chi connectivity index (χ2v) is 5.00. The van der Waals surface area contributed by atoms with Crippen molar-refractivity contribution < 1.29 is 4.74 Å². The number of nitrogens with zero attached hydrogens (tertiary/aromatic N) is 1. The highest BCUT2D eigenvalue weighted by atomic mass is 16.5. The average Bonchev–Trinajstić information content (AvgIpc) is 2.53. The molecule has 0 unspecified atom stereocenters. The van der Waals surface area contributed by atoms with E-state index in [1.165, 1.54) is 5.56 Å². The van der Waals surface area contributed by atoms with Gasteiger partial charge in [0, 0.05) is 11.9 Å². The Morgan fingerprint density at radius 3 is 2.76 bits per heavy atom. The molecule has 0 atom stereocenters. The van der Waals surface area contributed by atoms with E-state index in [0.717, 1.165) is 28.8 Å². The first-order valence-electron chi connectivity index (χ1n) is 7.05. The maximum Gasteiger partial charge on any atom is 0.138 e. The van der Waals surface area contributed by atoms with Gasteiger partial charge in [0.2, 0.25) is 0 Å². The molecule has 1 N–H and O–H groups in total. The zero-order valence-electron chi connectivity index (χ0n) is 12.0. The SMILES string of the molecule is CNCc1cccc(COc2cnc3ccccc3c2)c1. The first kappa shape index (κ1) is 13.6. The summed E-state index contributed by atoms with van der Waals surface area (Å²) in [4.78, 5) is 4.41. The van der Waals surface area contributed by atoms with E-state index < -0.39 is 0 Å². The Bertz CT molecular complexity index is 740. The molecule has 2 aromatic carbocycles. The van der Waals surface area contributed by atoms with Gasteiger partial charge in [-0.15, -0.1) is 0 Å². The molecule has 0 radical (unpaired) electrons. The predicted molar refractivity (Wildman–Crippen MR) is 85.3 cm³/mol. The number of para-hydroxylation sites is 1. The number of aromatic nitrogens is 1. The van der Waals surface area contributed by atoms with E-state index in [-0.39, 0.29) is 0 Å². The van der Waals surface area contributed by atoms with Gasteiger partial charge in [-0.1, -0.05) is 42.5 Å². The Morgan fingerprint density at radius 2 is 1.86 bits per heavy atom. The molecule has 0 aliphatic heterocycles. The number of benzene rings is 2. The van der Waals surface area contributed by atoms with Crippen molar-refractivity contribution in [2.45, 2.75) is 13.2 Å². The molecular weight excluding hydrogens is 260 g/mol. The van der Waals surface area contributed by atoms with Crippen LogP contribution in [0.5, 0.6) is 5.75 Å². The summed E-state index contributed by atoms with van der Waals surface area (Å²) in [7, 11) is 1.95. The lowest BCUT2D eigenvalue weighted by molar-refractivity contribution is 0.305. The molecule has 0 fully saturated rings. The van der Waals surface area contributed by atoms with Crippen LogP contribution in [0.2, 0.25) is 0 Å². The Labute approximate surface area is 124 Å². The van der Waals surface area contributed by atoms with Crippen LogP contribution < -0.4 is 10.1 Å². The van der Waals surface area contributed by atoms with Gasteiger partial charge in [0.05, 0.1) is 11.7 Å². The Hall–Kier alpha value is -2.39. The first-order chi connectivity index (χ1) is 10.3. The van der Waals surface area contributed by atoms with E-state index in [1.54, 1.807) is 6.20 Å². The lowest BCUT2D eigenvalue weighted by Crippen LogP contribution is -2.05. The smallest absolute Gasteiger partial charge is 0.138 e. The summed E-state index contributed by atoms with van der Waals surface area (Å²) in [6, 6.07) is 18.5. The average molecular weight is 278 g/mol. The third-order valence-corrected chi connectivity index (χ3v) is 3.34. The predicted octanol–water partition coefficient (Wildman–Crippen LogP) is 3.53. The number of hydrogen-bond donors (Lipinski definition) is 1. The van der Waals surface area contributed by atoms with Gasteiger partial charge in [-0.2, -0.15) is 0 Å². The van der Waals surface area contributed by atoms with Crippen molar-refractivity contribution in [1.82, 2.24) is 10.3 Å². The van der Waals surface area contributed by atoms with Crippen molar-refractivity contribution in [2.24, 2.45) is 0 Å². The van der Waals surface area contributed by atoms with Crippen LogP contribution in [-0.2, 0) is 13.2 Å². The summed E-state index contributed by atoms with van der Waals surface area (Å²) in [6.45, 7) is 1.42. The molecule has 21 heavy (non-hydrogen) atoms. The fraction of sp³-hybridized carbons (Fsp3) is 0.167. The molecule has 0 saturated carbocycles. The number of pyridine rings is 1. The van der Waals surface area contributed by atoms with Gasteiger partial charge >= 0.3 is 0 Å². The van der Waals surface area contributed by atoms with Crippen LogP contribution in [0.3, 0.4) is 0 Å². The van der Waals surface area contributed by atoms with E-state index in [1.807, 2.05) is 37.4 Å². The maximum absolute atomic E-state index is 5.85. The van der Waals surface area contributed by atoms with Crippen molar-refractivity contribution in [2.75, 3.05) is 7.05 Å². The van der Waals surface area contributed by atoms with Gasteiger partial charge in [0.1, 0.15) is 12.4 Å². The number of fused-ring (bicyclic) bond motifs is 1. The normalized spacial score (nSPS) is 10.7. The summed E-state index contributed by atoms with van der Waals surface area (Å²) >= 11 is 0. The zero-order chi connectivity index (χ0) is 14.5. The molecule has 106 valence electrons. The van der Waals surface area contributed by atoms with Gasteiger partial charge in [-0.05, 0) is 30.3 Å². The zero-order valence-corrected chi connectivity index (χ0v) is 12.0. The molecule has 3 heteroatoms. The molecule has 0 spiro atoms. The summed E-state index contributed by atoms with van der Waals surface area (Å²) in [5, 5.41) is 4.25. The molecule has 0 bridgehead atoms. The molecule has 3 aromatic rings. The Kier molecular flexibility index (Phi) is 4.12. The quantitative estimate of drug-likeness (QED) is 0.775. The highest BCUT2D eigenvalue weighted by Gasteiger charge is 2.00. The maximum atomic E-state index is 5.85. The van der Waals surface area contributed by atoms with E-state index in [0.29, 0.717) is 6.61 Å². The molecule has 0 aliphatic carbocycles. The van der Waals surface area contributed by atoms with Crippen LogP contribution in [0.25, 0.3) is 10.9 Å². The van der Waals surface area contributed by atoms with E-state index in [4.69, 9.17) is 4.74 Å². The topological polar surface area (TPSA) is 34.1 Å². The van der Waals surface area contributed by atoms with Crippen LogP contribution in [0.15, 0.2) is 60.8 Å². The molecular formula is C18H18N2O. The fourth-order valence-corrected chi connectivity index (χ4v) is 2.33. The van der Waals surface area contributed by atoms with E-state index in [9.17, 15) is 0 Å². The van der Waals surface area contributed by atoms with E-state index >= 15 is 0 Å². The molecule has 3 rings (SSSR count). The number of hydrogen-bond acceptors (Lipinski definition) is 3. The summed E-state index contributed by atoms with van der Waals surface area (Å²) in [6.07, 6.45) is 1.78. The molecule has 0 amide bonds.